The van der Waals surface area contributed by atoms with Crippen LogP contribution in [0.2, 0.25) is 5.02 Å². The van der Waals surface area contributed by atoms with Gasteiger partial charge in [0.2, 0.25) is 5.91 Å². The molecule has 1 aliphatic rings. The smallest absolute Gasteiger partial charge is 0.251 e. The molecule has 1 aliphatic heterocycles. The molecule has 1 fully saturated rings. The molecule has 6 heteroatoms. The van der Waals surface area contributed by atoms with E-state index in [2.05, 4.69) is 5.32 Å². The molecule has 130 valence electrons. The zero-order valence-corrected chi connectivity index (χ0v) is 14.3. The van der Waals surface area contributed by atoms with Gasteiger partial charge in [0, 0.05) is 42.6 Å². The van der Waals surface area contributed by atoms with E-state index in [9.17, 15) is 14.0 Å². The number of nitrogens with one attached hydrogen (secondary N) is 1. The van der Waals surface area contributed by atoms with Crippen LogP contribution in [0.1, 0.15) is 22.3 Å². The third-order valence-electron chi connectivity index (χ3n) is 4.22. The van der Waals surface area contributed by atoms with Gasteiger partial charge in [-0.05, 0) is 35.9 Å². The van der Waals surface area contributed by atoms with Gasteiger partial charge in [-0.3, -0.25) is 9.59 Å². The fourth-order valence-electron chi connectivity index (χ4n) is 2.92. The molecule has 0 radical (unpaired) electrons. The number of hydrogen-bond donors (Lipinski definition) is 1. The van der Waals surface area contributed by atoms with Gasteiger partial charge in [-0.25, -0.2) is 4.39 Å². The number of likely N-dealkylation sites (tertiary alicyclic amines) is 1. The summed E-state index contributed by atoms with van der Waals surface area (Å²) in [5.74, 6) is -0.382. The summed E-state index contributed by atoms with van der Waals surface area (Å²) in [6, 6.07) is 12.9. The second kappa shape index (κ2) is 7.66. The van der Waals surface area contributed by atoms with Crippen molar-refractivity contribution in [2.24, 2.45) is 5.92 Å². The Bertz CT molecular complexity index is 779. The third-order valence-corrected chi connectivity index (χ3v) is 4.45. The number of rotatable bonds is 5. The number of nitrogens with zero attached hydrogens (tertiary/aromatic N) is 1. The zero-order chi connectivity index (χ0) is 17.8. The molecule has 2 amide bonds. The normalized spacial score (nSPS) is 17.0. The van der Waals surface area contributed by atoms with E-state index in [1.54, 1.807) is 41.3 Å². The largest absolute Gasteiger partial charge is 0.352 e. The Balaban J connectivity index is 1.52. The first-order valence-electron chi connectivity index (χ1n) is 8.07. The highest BCUT2D eigenvalue weighted by Crippen LogP contribution is 2.20. The van der Waals surface area contributed by atoms with Crippen LogP contribution in [0.25, 0.3) is 0 Å². The monoisotopic (exact) mass is 360 g/mol. The first-order valence-corrected chi connectivity index (χ1v) is 8.45. The summed E-state index contributed by atoms with van der Waals surface area (Å²) >= 11 is 5.89. The summed E-state index contributed by atoms with van der Waals surface area (Å²) in [6.07, 6.45) is 0.400. The first kappa shape index (κ1) is 17.4. The van der Waals surface area contributed by atoms with Gasteiger partial charge in [-0.2, -0.15) is 0 Å². The predicted octanol–water partition coefficient (Wildman–Crippen LogP) is 3.26. The zero-order valence-electron chi connectivity index (χ0n) is 13.5. The summed E-state index contributed by atoms with van der Waals surface area (Å²) < 4.78 is 13.0. The van der Waals surface area contributed by atoms with Crippen LogP contribution in [0, 0.1) is 11.7 Å². The Kier molecular flexibility index (Phi) is 5.34. The van der Waals surface area contributed by atoms with E-state index in [-0.39, 0.29) is 23.5 Å². The highest BCUT2D eigenvalue weighted by atomic mass is 35.5. The van der Waals surface area contributed by atoms with E-state index in [1.165, 1.54) is 12.1 Å². The fourth-order valence-corrected chi connectivity index (χ4v) is 3.11. The van der Waals surface area contributed by atoms with E-state index in [1.807, 2.05) is 0 Å². The Morgan fingerprint density at radius 1 is 1.24 bits per heavy atom. The molecule has 0 saturated carbocycles. The van der Waals surface area contributed by atoms with Gasteiger partial charge in [-0.1, -0.05) is 29.8 Å². The van der Waals surface area contributed by atoms with E-state index in [0.29, 0.717) is 36.6 Å². The van der Waals surface area contributed by atoms with Crippen molar-refractivity contribution in [1.82, 2.24) is 10.2 Å². The van der Waals surface area contributed by atoms with Gasteiger partial charge < -0.3 is 10.2 Å². The number of carbonyl (C=O) groups excluding carboxylic acids is 2. The highest BCUT2D eigenvalue weighted by Gasteiger charge is 2.29. The Morgan fingerprint density at radius 3 is 2.72 bits per heavy atom. The average molecular weight is 361 g/mol. The fraction of sp³-hybridized carbons (Fsp3) is 0.263. The van der Waals surface area contributed by atoms with E-state index >= 15 is 0 Å². The molecule has 2 aromatic carbocycles. The summed E-state index contributed by atoms with van der Waals surface area (Å²) in [6.45, 7) is 1.46. The second-order valence-electron chi connectivity index (χ2n) is 6.19. The minimum Gasteiger partial charge on any atom is -0.352 e. The second-order valence-corrected chi connectivity index (χ2v) is 6.63. The molecular weight excluding hydrogens is 343 g/mol. The number of benzene rings is 2. The quantitative estimate of drug-likeness (QED) is 0.889. The van der Waals surface area contributed by atoms with Crippen molar-refractivity contribution in [2.45, 2.75) is 13.0 Å². The molecule has 4 nitrogen and oxygen atoms in total. The maximum atomic E-state index is 13.0. The molecule has 1 N–H and O–H groups in total. The van der Waals surface area contributed by atoms with Crippen molar-refractivity contribution in [3.05, 3.63) is 70.5 Å². The van der Waals surface area contributed by atoms with Crippen LogP contribution < -0.4 is 5.32 Å². The van der Waals surface area contributed by atoms with Gasteiger partial charge in [0.05, 0.1) is 0 Å². The third kappa shape index (κ3) is 4.57. The number of carbonyl (C=O) groups is 2. The minimum atomic E-state index is -0.293. The molecule has 1 saturated heterocycles. The van der Waals surface area contributed by atoms with Crippen LogP contribution in [0.4, 0.5) is 4.39 Å². The van der Waals surface area contributed by atoms with Crippen LogP contribution in [0.3, 0.4) is 0 Å². The molecule has 0 bridgehead atoms. The molecule has 3 rings (SSSR count). The number of amides is 2. The van der Waals surface area contributed by atoms with E-state index < -0.39 is 0 Å². The molecule has 25 heavy (non-hydrogen) atoms. The van der Waals surface area contributed by atoms with Crippen molar-refractivity contribution in [3.8, 4) is 0 Å². The number of halogens is 2. The van der Waals surface area contributed by atoms with Crippen LogP contribution in [-0.4, -0.2) is 29.8 Å². The Labute approximate surface area is 150 Å². The van der Waals surface area contributed by atoms with Crippen molar-refractivity contribution in [2.75, 3.05) is 13.1 Å². The lowest BCUT2D eigenvalue weighted by atomic mass is 10.1. The number of hydrogen-bond acceptors (Lipinski definition) is 2. The van der Waals surface area contributed by atoms with Crippen LogP contribution in [-0.2, 0) is 11.3 Å². The van der Waals surface area contributed by atoms with Crippen LogP contribution >= 0.6 is 11.6 Å². The van der Waals surface area contributed by atoms with Gasteiger partial charge in [0.25, 0.3) is 5.91 Å². The topological polar surface area (TPSA) is 49.4 Å². The Hall–Kier alpha value is -2.40. The lowest BCUT2D eigenvalue weighted by molar-refractivity contribution is -0.128. The van der Waals surface area contributed by atoms with E-state index in [0.717, 1.165) is 5.56 Å². The van der Waals surface area contributed by atoms with Crippen LogP contribution in [0.5, 0.6) is 0 Å². The summed E-state index contributed by atoms with van der Waals surface area (Å²) in [5.41, 5.74) is 1.39. The summed E-state index contributed by atoms with van der Waals surface area (Å²) in [5, 5.41) is 3.36. The molecule has 2 aromatic rings. The molecule has 1 heterocycles. The predicted molar refractivity (Wildman–Crippen MR) is 93.7 cm³/mol. The van der Waals surface area contributed by atoms with E-state index in [4.69, 9.17) is 11.6 Å². The van der Waals surface area contributed by atoms with Crippen molar-refractivity contribution in [1.29, 1.82) is 0 Å². The van der Waals surface area contributed by atoms with Gasteiger partial charge in [0.15, 0.2) is 0 Å². The van der Waals surface area contributed by atoms with Gasteiger partial charge >= 0.3 is 0 Å². The van der Waals surface area contributed by atoms with Crippen molar-refractivity contribution >= 4 is 23.4 Å². The molecule has 0 spiro atoms. The lowest BCUT2D eigenvalue weighted by Gasteiger charge is -2.17. The molecule has 1 atom stereocenters. The molecular formula is C19H18ClFN2O2. The summed E-state index contributed by atoms with van der Waals surface area (Å²) in [4.78, 5) is 26.0. The highest BCUT2D eigenvalue weighted by molar-refractivity contribution is 6.30. The molecule has 0 aromatic heterocycles. The maximum Gasteiger partial charge on any atom is 0.251 e. The maximum absolute atomic E-state index is 13.0. The lowest BCUT2D eigenvalue weighted by Crippen LogP contribution is -2.31. The Morgan fingerprint density at radius 2 is 2.00 bits per heavy atom. The SMILES string of the molecule is O=C(NCC1CC(=O)N(Cc2ccc(F)cc2)C1)c1cccc(Cl)c1. The molecule has 0 aliphatic carbocycles. The standard InChI is InChI=1S/C19H18ClFN2O2/c20-16-3-1-2-15(9-16)19(25)22-10-14-8-18(24)23(12-14)11-13-4-6-17(21)7-5-13/h1-7,9,14H,8,10-12H2,(H,22,25). The molecule has 1 unspecified atom stereocenters. The van der Waals surface area contributed by atoms with Gasteiger partial charge in [-0.15, -0.1) is 0 Å². The first-order chi connectivity index (χ1) is 12.0. The minimum absolute atomic E-state index is 0.0475. The average Bonchev–Trinajstić information content (AvgIpc) is 2.94. The van der Waals surface area contributed by atoms with Crippen molar-refractivity contribution < 1.29 is 14.0 Å². The van der Waals surface area contributed by atoms with Crippen molar-refractivity contribution in [3.63, 3.8) is 0 Å². The van der Waals surface area contributed by atoms with Gasteiger partial charge in [0.1, 0.15) is 5.82 Å². The van der Waals surface area contributed by atoms with Crippen LogP contribution in [0.15, 0.2) is 48.5 Å². The summed E-state index contributed by atoms with van der Waals surface area (Å²) in [7, 11) is 0.